The topological polar surface area (TPSA) is 89.8 Å². The van der Waals surface area contributed by atoms with E-state index in [0.29, 0.717) is 16.7 Å². The highest BCUT2D eigenvalue weighted by atomic mass is 16.2. The molecule has 0 saturated heterocycles. The Kier molecular flexibility index (Phi) is 3.42. The minimum atomic E-state index is -0.328. The fourth-order valence-corrected chi connectivity index (χ4v) is 2.28. The summed E-state index contributed by atoms with van der Waals surface area (Å²) in [5.41, 5.74) is 4.60. The van der Waals surface area contributed by atoms with Crippen LogP contribution in [0.3, 0.4) is 0 Å². The molecule has 112 valence electrons. The molecule has 0 aliphatic carbocycles. The zero-order chi connectivity index (χ0) is 15.7. The van der Waals surface area contributed by atoms with E-state index in [1.54, 1.807) is 18.2 Å². The van der Waals surface area contributed by atoms with Crippen molar-refractivity contribution in [3.63, 3.8) is 0 Å². The number of amides is 2. The van der Waals surface area contributed by atoms with E-state index in [1.165, 1.54) is 0 Å². The van der Waals surface area contributed by atoms with E-state index >= 15 is 0 Å². The van der Waals surface area contributed by atoms with Crippen LogP contribution >= 0.6 is 0 Å². The van der Waals surface area contributed by atoms with Crippen LogP contribution in [0.5, 0.6) is 0 Å². The molecule has 0 radical (unpaired) electrons. The molecule has 0 aliphatic rings. The largest absolute Gasteiger partial charge is 0.323 e. The Morgan fingerprint density at radius 1 is 1.00 bits per heavy atom. The summed E-state index contributed by atoms with van der Waals surface area (Å²) in [6, 6.07) is 10.6. The third-order valence-corrected chi connectivity index (χ3v) is 3.63. The fourth-order valence-electron chi connectivity index (χ4n) is 2.28. The van der Waals surface area contributed by atoms with Gasteiger partial charge in [-0.1, -0.05) is 12.1 Å². The van der Waals surface area contributed by atoms with Gasteiger partial charge < -0.3 is 20.6 Å². The van der Waals surface area contributed by atoms with Gasteiger partial charge >= 0.3 is 11.7 Å². The lowest BCUT2D eigenvalue weighted by Gasteiger charge is -2.11. The number of aromatic amines is 2. The first-order valence-electron chi connectivity index (χ1n) is 6.89. The first-order chi connectivity index (χ1) is 10.5. The number of H-pyrrole nitrogens is 2. The highest BCUT2D eigenvalue weighted by Crippen LogP contribution is 2.19. The molecule has 6 heteroatoms. The molecule has 22 heavy (non-hydrogen) atoms. The van der Waals surface area contributed by atoms with E-state index in [2.05, 4.69) is 20.6 Å². The minimum Gasteiger partial charge on any atom is -0.308 e. The van der Waals surface area contributed by atoms with Gasteiger partial charge in [-0.2, -0.15) is 0 Å². The number of urea groups is 1. The number of carbonyl (C=O) groups excluding carboxylic acids is 1. The number of anilines is 2. The standard InChI is InChI=1S/C16H16N4O2/c1-9-4-3-5-12(10(9)2)18-15(21)17-11-6-7-13-14(8-11)20-16(22)19-13/h3-8H,1-2H3,(H2,17,18,21)(H2,19,20,22). The molecule has 0 unspecified atom stereocenters. The number of hydrogen-bond acceptors (Lipinski definition) is 2. The Morgan fingerprint density at radius 3 is 2.59 bits per heavy atom. The molecule has 1 aromatic heterocycles. The Hall–Kier alpha value is -3.02. The monoisotopic (exact) mass is 296 g/mol. The van der Waals surface area contributed by atoms with E-state index in [0.717, 1.165) is 16.8 Å². The SMILES string of the molecule is Cc1cccc(NC(=O)Nc2ccc3[nH]c(=O)[nH]c3c2)c1C. The second-order valence-corrected chi connectivity index (χ2v) is 5.17. The van der Waals surface area contributed by atoms with Crippen molar-refractivity contribution in [1.29, 1.82) is 0 Å². The summed E-state index contributed by atoms with van der Waals surface area (Å²) in [7, 11) is 0. The van der Waals surface area contributed by atoms with Crippen molar-refractivity contribution in [2.75, 3.05) is 10.6 Å². The van der Waals surface area contributed by atoms with Gasteiger partial charge in [0, 0.05) is 11.4 Å². The molecule has 1 heterocycles. The summed E-state index contributed by atoms with van der Waals surface area (Å²) in [6.45, 7) is 3.95. The quantitative estimate of drug-likeness (QED) is 0.585. The van der Waals surface area contributed by atoms with Crippen molar-refractivity contribution in [3.8, 4) is 0 Å². The van der Waals surface area contributed by atoms with E-state index in [-0.39, 0.29) is 11.7 Å². The lowest BCUT2D eigenvalue weighted by molar-refractivity contribution is 0.262. The van der Waals surface area contributed by atoms with Gasteiger partial charge in [0.25, 0.3) is 0 Å². The summed E-state index contributed by atoms with van der Waals surface area (Å²) >= 11 is 0. The van der Waals surface area contributed by atoms with Gasteiger partial charge in [0.1, 0.15) is 0 Å². The Morgan fingerprint density at radius 2 is 1.77 bits per heavy atom. The number of aryl methyl sites for hydroxylation is 1. The van der Waals surface area contributed by atoms with Crippen molar-refractivity contribution in [2.45, 2.75) is 13.8 Å². The number of hydrogen-bond donors (Lipinski definition) is 4. The molecule has 0 saturated carbocycles. The molecule has 3 aromatic rings. The van der Waals surface area contributed by atoms with Crippen molar-refractivity contribution in [3.05, 3.63) is 58.0 Å². The molecule has 2 amide bonds. The van der Waals surface area contributed by atoms with Gasteiger partial charge in [0.15, 0.2) is 0 Å². The number of carbonyl (C=O) groups is 1. The van der Waals surface area contributed by atoms with Crippen molar-refractivity contribution >= 4 is 28.4 Å². The van der Waals surface area contributed by atoms with Gasteiger partial charge in [0.2, 0.25) is 0 Å². The molecule has 0 bridgehead atoms. The highest BCUT2D eigenvalue weighted by Gasteiger charge is 2.07. The Bertz CT molecular complexity index is 908. The Balaban J connectivity index is 1.77. The molecule has 0 spiro atoms. The van der Waals surface area contributed by atoms with Crippen molar-refractivity contribution < 1.29 is 4.79 Å². The van der Waals surface area contributed by atoms with Crippen molar-refractivity contribution in [1.82, 2.24) is 9.97 Å². The summed E-state index contributed by atoms with van der Waals surface area (Å²) in [6.07, 6.45) is 0. The third-order valence-electron chi connectivity index (χ3n) is 3.63. The summed E-state index contributed by atoms with van der Waals surface area (Å²) < 4.78 is 0. The van der Waals surface area contributed by atoms with Crippen LogP contribution in [-0.4, -0.2) is 16.0 Å². The number of fused-ring (bicyclic) bond motifs is 1. The average molecular weight is 296 g/mol. The predicted octanol–water partition coefficient (Wildman–Crippen LogP) is 3.12. The zero-order valence-corrected chi connectivity index (χ0v) is 12.3. The van der Waals surface area contributed by atoms with Crippen LogP contribution in [-0.2, 0) is 0 Å². The lowest BCUT2D eigenvalue weighted by atomic mass is 10.1. The van der Waals surface area contributed by atoms with Crippen LogP contribution in [0.25, 0.3) is 11.0 Å². The molecule has 4 N–H and O–H groups in total. The molecule has 0 atom stereocenters. The van der Waals surface area contributed by atoms with Gasteiger partial charge in [-0.3, -0.25) is 0 Å². The smallest absolute Gasteiger partial charge is 0.308 e. The predicted molar refractivity (Wildman–Crippen MR) is 87.5 cm³/mol. The first-order valence-corrected chi connectivity index (χ1v) is 6.89. The van der Waals surface area contributed by atoms with Gasteiger partial charge in [0.05, 0.1) is 11.0 Å². The number of rotatable bonds is 2. The van der Waals surface area contributed by atoms with Gasteiger partial charge in [-0.25, -0.2) is 9.59 Å². The number of benzene rings is 2. The van der Waals surface area contributed by atoms with Gasteiger partial charge in [-0.15, -0.1) is 0 Å². The maximum absolute atomic E-state index is 12.1. The zero-order valence-electron chi connectivity index (χ0n) is 12.3. The molecule has 3 rings (SSSR count). The second-order valence-electron chi connectivity index (χ2n) is 5.17. The highest BCUT2D eigenvalue weighted by molar-refractivity contribution is 6.01. The van der Waals surface area contributed by atoms with Crippen LogP contribution in [0.4, 0.5) is 16.2 Å². The van der Waals surface area contributed by atoms with Crippen LogP contribution in [0.2, 0.25) is 0 Å². The normalized spacial score (nSPS) is 10.6. The molecular formula is C16H16N4O2. The van der Waals surface area contributed by atoms with Crippen molar-refractivity contribution in [2.24, 2.45) is 0 Å². The van der Waals surface area contributed by atoms with E-state index in [1.807, 2.05) is 32.0 Å². The maximum atomic E-state index is 12.1. The molecule has 2 aromatic carbocycles. The molecule has 0 fully saturated rings. The molecule has 0 aliphatic heterocycles. The average Bonchev–Trinajstić information content (AvgIpc) is 2.83. The number of imidazole rings is 1. The van der Waals surface area contributed by atoms with E-state index < -0.39 is 0 Å². The van der Waals surface area contributed by atoms with Crippen LogP contribution in [0.15, 0.2) is 41.2 Å². The van der Waals surface area contributed by atoms with Crippen LogP contribution in [0.1, 0.15) is 11.1 Å². The fraction of sp³-hybridized carbons (Fsp3) is 0.125. The third kappa shape index (κ3) is 2.71. The Labute approximate surface area is 126 Å². The second kappa shape index (κ2) is 5.40. The van der Waals surface area contributed by atoms with Gasteiger partial charge in [-0.05, 0) is 49.2 Å². The van der Waals surface area contributed by atoms with Crippen LogP contribution in [0, 0.1) is 13.8 Å². The van der Waals surface area contributed by atoms with E-state index in [4.69, 9.17) is 0 Å². The summed E-state index contributed by atoms with van der Waals surface area (Å²) in [4.78, 5) is 28.6. The maximum Gasteiger partial charge on any atom is 0.323 e. The summed E-state index contributed by atoms with van der Waals surface area (Å²) in [5.74, 6) is 0. The minimum absolute atomic E-state index is 0.271. The first kappa shape index (κ1) is 13.9. The van der Waals surface area contributed by atoms with Crippen LogP contribution < -0.4 is 16.3 Å². The van der Waals surface area contributed by atoms with E-state index in [9.17, 15) is 9.59 Å². The molecular weight excluding hydrogens is 280 g/mol. The number of aromatic nitrogens is 2. The lowest BCUT2D eigenvalue weighted by Crippen LogP contribution is -2.20. The number of nitrogens with one attached hydrogen (secondary N) is 4. The summed E-state index contributed by atoms with van der Waals surface area (Å²) in [5, 5.41) is 5.58. The molecule has 6 nitrogen and oxygen atoms in total.